The fourth-order valence-electron chi connectivity index (χ4n) is 3.09. The molecule has 3 rings (SSSR count). The molecular formula is C18H19F3N2O. The largest absolute Gasteiger partial charge is 0.496 e. The summed E-state index contributed by atoms with van der Waals surface area (Å²) in [5.41, 5.74) is 1.13. The van der Waals surface area contributed by atoms with Crippen LogP contribution in [0.3, 0.4) is 0 Å². The summed E-state index contributed by atoms with van der Waals surface area (Å²) in [4.78, 5) is 2.05. The fourth-order valence-corrected chi connectivity index (χ4v) is 3.09. The van der Waals surface area contributed by atoms with Crippen LogP contribution in [0.2, 0.25) is 0 Å². The molecule has 0 saturated carbocycles. The van der Waals surface area contributed by atoms with Gasteiger partial charge in [-0.2, -0.15) is 0 Å². The van der Waals surface area contributed by atoms with Crippen LogP contribution in [0.5, 0.6) is 5.75 Å². The highest BCUT2D eigenvalue weighted by molar-refractivity contribution is 5.36. The number of methoxy groups -OCH3 is 1. The first-order valence-corrected chi connectivity index (χ1v) is 7.81. The first-order valence-electron chi connectivity index (χ1n) is 7.81. The Morgan fingerprint density at radius 3 is 2.67 bits per heavy atom. The molecule has 0 amide bonds. The summed E-state index contributed by atoms with van der Waals surface area (Å²) in [7, 11) is 1.61. The second-order valence-corrected chi connectivity index (χ2v) is 5.79. The van der Waals surface area contributed by atoms with Gasteiger partial charge >= 0.3 is 0 Å². The Bertz CT molecular complexity index is 723. The van der Waals surface area contributed by atoms with Crippen LogP contribution in [-0.4, -0.2) is 31.6 Å². The summed E-state index contributed by atoms with van der Waals surface area (Å²) in [5.74, 6) is -2.18. The number of para-hydroxylation sites is 1. The molecule has 1 N–H and O–H groups in total. The number of nitrogens with zero attached hydrogens (tertiary/aromatic N) is 1. The van der Waals surface area contributed by atoms with Crippen molar-refractivity contribution in [2.45, 2.75) is 12.6 Å². The number of hydrogen-bond acceptors (Lipinski definition) is 3. The molecule has 6 heteroatoms. The first-order chi connectivity index (χ1) is 11.6. The molecule has 1 aliphatic rings. The summed E-state index contributed by atoms with van der Waals surface area (Å²) in [5, 5.41) is 3.31. The van der Waals surface area contributed by atoms with Crippen LogP contribution in [0.15, 0.2) is 36.4 Å². The molecule has 128 valence electrons. The molecule has 1 fully saturated rings. The van der Waals surface area contributed by atoms with Gasteiger partial charge in [0.05, 0.1) is 13.2 Å². The number of nitrogens with one attached hydrogen (secondary N) is 1. The molecule has 1 aliphatic heterocycles. The maximum Gasteiger partial charge on any atom is 0.161 e. The minimum atomic E-state index is -1.17. The van der Waals surface area contributed by atoms with E-state index in [1.54, 1.807) is 7.11 Å². The van der Waals surface area contributed by atoms with Gasteiger partial charge in [0, 0.05) is 43.4 Å². The zero-order chi connectivity index (χ0) is 17.1. The topological polar surface area (TPSA) is 24.5 Å². The maximum atomic E-state index is 14.0. The molecule has 1 atom stereocenters. The molecule has 0 radical (unpaired) electrons. The predicted octanol–water partition coefficient (Wildman–Crippen LogP) is 3.26. The van der Waals surface area contributed by atoms with Crippen LogP contribution in [0.25, 0.3) is 0 Å². The van der Waals surface area contributed by atoms with E-state index < -0.39 is 17.5 Å². The van der Waals surface area contributed by atoms with Crippen molar-refractivity contribution in [1.82, 2.24) is 10.2 Å². The van der Waals surface area contributed by atoms with Gasteiger partial charge in [0.25, 0.3) is 0 Å². The van der Waals surface area contributed by atoms with Crippen LogP contribution in [0.4, 0.5) is 13.2 Å². The summed E-state index contributed by atoms with van der Waals surface area (Å²) in [6.45, 7) is 2.29. The van der Waals surface area contributed by atoms with Gasteiger partial charge in [-0.15, -0.1) is 0 Å². The standard InChI is InChI=1S/C18H19F3N2O/c1-24-18-5-3-2-4-13(18)17-10-22-6-7-23(17)11-12-8-15(20)16(21)9-14(12)19/h2-5,8-9,17,22H,6-7,10-11H2,1H3. The number of ether oxygens (including phenoxy) is 1. The Morgan fingerprint density at radius 1 is 1.12 bits per heavy atom. The van der Waals surface area contributed by atoms with Gasteiger partial charge in [0.1, 0.15) is 11.6 Å². The highest BCUT2D eigenvalue weighted by atomic mass is 19.2. The highest BCUT2D eigenvalue weighted by Crippen LogP contribution is 2.31. The van der Waals surface area contributed by atoms with E-state index in [9.17, 15) is 13.2 Å². The van der Waals surface area contributed by atoms with Crippen molar-refractivity contribution in [2.24, 2.45) is 0 Å². The van der Waals surface area contributed by atoms with Gasteiger partial charge in [-0.25, -0.2) is 13.2 Å². The van der Waals surface area contributed by atoms with Crippen molar-refractivity contribution in [3.63, 3.8) is 0 Å². The lowest BCUT2D eigenvalue weighted by Gasteiger charge is -2.37. The third kappa shape index (κ3) is 3.39. The number of benzene rings is 2. The summed E-state index contributed by atoms with van der Waals surface area (Å²) in [6.07, 6.45) is 0. The van der Waals surface area contributed by atoms with E-state index in [4.69, 9.17) is 4.74 Å². The Labute approximate surface area is 139 Å². The molecular weight excluding hydrogens is 317 g/mol. The van der Waals surface area contributed by atoms with E-state index in [1.807, 2.05) is 29.2 Å². The van der Waals surface area contributed by atoms with Crippen molar-refractivity contribution < 1.29 is 17.9 Å². The van der Waals surface area contributed by atoms with Crippen molar-refractivity contribution in [1.29, 1.82) is 0 Å². The van der Waals surface area contributed by atoms with Crippen LogP contribution in [0, 0.1) is 17.5 Å². The number of halogens is 3. The van der Waals surface area contributed by atoms with Gasteiger partial charge in [-0.1, -0.05) is 18.2 Å². The molecule has 2 aromatic rings. The fraction of sp³-hybridized carbons (Fsp3) is 0.333. The van der Waals surface area contributed by atoms with E-state index >= 15 is 0 Å². The summed E-state index contributed by atoms with van der Waals surface area (Å²) < 4.78 is 46.0. The van der Waals surface area contributed by atoms with Crippen molar-refractivity contribution in [3.05, 3.63) is 65.0 Å². The van der Waals surface area contributed by atoms with E-state index in [0.29, 0.717) is 19.2 Å². The van der Waals surface area contributed by atoms with Crippen LogP contribution >= 0.6 is 0 Å². The van der Waals surface area contributed by atoms with E-state index in [1.165, 1.54) is 0 Å². The molecule has 1 saturated heterocycles. The van der Waals surface area contributed by atoms with Crippen molar-refractivity contribution in [3.8, 4) is 5.75 Å². The smallest absolute Gasteiger partial charge is 0.161 e. The molecule has 0 aromatic heterocycles. The normalized spacial score (nSPS) is 18.6. The van der Waals surface area contributed by atoms with E-state index in [-0.39, 0.29) is 18.2 Å². The van der Waals surface area contributed by atoms with Crippen molar-refractivity contribution in [2.75, 3.05) is 26.7 Å². The van der Waals surface area contributed by atoms with Gasteiger partial charge in [0.15, 0.2) is 11.6 Å². The van der Waals surface area contributed by atoms with E-state index in [2.05, 4.69) is 5.32 Å². The van der Waals surface area contributed by atoms with E-state index in [0.717, 1.165) is 23.9 Å². The number of rotatable bonds is 4. The maximum absolute atomic E-state index is 14.0. The molecule has 1 unspecified atom stereocenters. The number of hydrogen-bond donors (Lipinski definition) is 1. The minimum Gasteiger partial charge on any atom is -0.496 e. The molecule has 24 heavy (non-hydrogen) atoms. The number of piperazine rings is 1. The SMILES string of the molecule is COc1ccccc1C1CNCCN1Cc1cc(F)c(F)cc1F. The summed E-state index contributed by atoms with van der Waals surface area (Å²) in [6, 6.07) is 9.14. The third-order valence-corrected chi connectivity index (χ3v) is 4.31. The lowest BCUT2D eigenvalue weighted by atomic mass is 10.0. The minimum absolute atomic E-state index is 0.0394. The lowest BCUT2D eigenvalue weighted by molar-refractivity contribution is 0.149. The Balaban J connectivity index is 1.89. The Morgan fingerprint density at radius 2 is 1.88 bits per heavy atom. The van der Waals surface area contributed by atoms with Crippen molar-refractivity contribution >= 4 is 0 Å². The molecule has 1 heterocycles. The van der Waals surface area contributed by atoms with Gasteiger partial charge in [-0.05, 0) is 12.1 Å². The second kappa shape index (κ2) is 7.23. The van der Waals surface area contributed by atoms with Crippen LogP contribution in [0.1, 0.15) is 17.2 Å². The molecule has 3 nitrogen and oxygen atoms in total. The van der Waals surface area contributed by atoms with Gasteiger partial charge < -0.3 is 10.1 Å². The van der Waals surface area contributed by atoms with Gasteiger partial charge in [-0.3, -0.25) is 4.90 Å². The predicted molar refractivity (Wildman–Crippen MR) is 85.3 cm³/mol. The molecule has 2 aromatic carbocycles. The average Bonchev–Trinajstić information content (AvgIpc) is 2.60. The second-order valence-electron chi connectivity index (χ2n) is 5.79. The average molecular weight is 336 g/mol. The molecule has 0 spiro atoms. The van der Waals surface area contributed by atoms with Crippen LogP contribution in [-0.2, 0) is 6.54 Å². The van der Waals surface area contributed by atoms with Gasteiger partial charge in [0.2, 0.25) is 0 Å². The highest BCUT2D eigenvalue weighted by Gasteiger charge is 2.27. The lowest BCUT2D eigenvalue weighted by Crippen LogP contribution is -2.45. The Hall–Kier alpha value is -2.05. The molecule has 0 aliphatic carbocycles. The quantitative estimate of drug-likeness (QED) is 0.868. The summed E-state index contributed by atoms with van der Waals surface area (Å²) >= 11 is 0. The Kier molecular flexibility index (Phi) is 5.06. The monoisotopic (exact) mass is 336 g/mol. The zero-order valence-corrected chi connectivity index (χ0v) is 13.4. The third-order valence-electron chi connectivity index (χ3n) is 4.31. The zero-order valence-electron chi connectivity index (χ0n) is 13.4. The van der Waals surface area contributed by atoms with Crippen LogP contribution < -0.4 is 10.1 Å². The first kappa shape index (κ1) is 16.8. The molecule has 0 bridgehead atoms.